The van der Waals surface area contributed by atoms with E-state index in [4.69, 9.17) is 9.73 Å². The van der Waals surface area contributed by atoms with Crippen LogP contribution in [0.2, 0.25) is 0 Å². The second-order valence-electron chi connectivity index (χ2n) is 9.37. The molecule has 8 heteroatoms. The number of nitrogens with zero attached hydrogens (tertiary/aromatic N) is 3. The number of amides is 1. The molecule has 0 aromatic heterocycles. The van der Waals surface area contributed by atoms with Crippen molar-refractivity contribution in [2.24, 2.45) is 10.9 Å². The molecule has 0 saturated carbocycles. The summed E-state index contributed by atoms with van der Waals surface area (Å²) in [5, 5.41) is 6.91. The molecule has 0 aromatic carbocycles. The average molecular weight is 554 g/mol. The molecule has 1 amide bonds. The van der Waals surface area contributed by atoms with E-state index in [1.165, 1.54) is 6.42 Å². The van der Waals surface area contributed by atoms with Crippen LogP contribution in [-0.2, 0) is 4.74 Å². The smallest absolute Gasteiger partial charge is 0.410 e. The predicted octanol–water partition coefficient (Wildman–Crippen LogP) is 4.32. The number of piperidine rings is 1. The largest absolute Gasteiger partial charge is 0.444 e. The Bertz CT molecular complexity index is 521. The molecule has 0 radical (unpaired) electrons. The number of ether oxygens (including phenoxy) is 1. The summed E-state index contributed by atoms with van der Waals surface area (Å²) in [5.74, 6) is 1.25. The van der Waals surface area contributed by atoms with E-state index in [-0.39, 0.29) is 30.1 Å². The maximum absolute atomic E-state index is 12.4. The van der Waals surface area contributed by atoms with Crippen molar-refractivity contribution in [3.63, 3.8) is 0 Å². The van der Waals surface area contributed by atoms with E-state index in [1.54, 1.807) is 0 Å². The average Bonchev–Trinajstić information content (AvgIpc) is 2.68. The monoisotopic (exact) mass is 553 g/mol. The van der Waals surface area contributed by atoms with Crippen molar-refractivity contribution >= 4 is 36.0 Å². The third-order valence-corrected chi connectivity index (χ3v) is 5.41. The van der Waals surface area contributed by atoms with E-state index in [9.17, 15) is 4.79 Å². The molecule has 0 aliphatic carbocycles. The van der Waals surface area contributed by atoms with Crippen molar-refractivity contribution in [2.75, 3.05) is 45.8 Å². The summed E-state index contributed by atoms with van der Waals surface area (Å²) in [7, 11) is 0. The van der Waals surface area contributed by atoms with Crippen molar-refractivity contribution in [1.82, 2.24) is 20.4 Å². The van der Waals surface area contributed by atoms with Crippen molar-refractivity contribution < 1.29 is 9.53 Å². The zero-order valence-corrected chi connectivity index (χ0v) is 23.3. The molecule has 2 N–H and O–H groups in total. The van der Waals surface area contributed by atoms with E-state index < -0.39 is 5.60 Å². The first-order valence-electron chi connectivity index (χ1n) is 11.9. The van der Waals surface area contributed by atoms with Gasteiger partial charge in [-0.05, 0) is 85.9 Å². The normalized spacial score (nSPS) is 18.4. The van der Waals surface area contributed by atoms with Gasteiger partial charge in [0.15, 0.2) is 5.96 Å². The van der Waals surface area contributed by atoms with Crippen molar-refractivity contribution in [3.05, 3.63) is 0 Å². The number of carbonyl (C=O) groups is 1. The van der Waals surface area contributed by atoms with Gasteiger partial charge in [-0.2, -0.15) is 0 Å². The Morgan fingerprint density at radius 1 is 1.26 bits per heavy atom. The highest BCUT2D eigenvalue weighted by Gasteiger charge is 2.27. The van der Waals surface area contributed by atoms with E-state index in [2.05, 4.69) is 43.2 Å². The van der Waals surface area contributed by atoms with Crippen LogP contribution >= 0.6 is 24.0 Å². The molecule has 2 unspecified atom stereocenters. The Labute approximate surface area is 208 Å². The fraction of sp³-hybridized carbons (Fsp3) is 0.913. The van der Waals surface area contributed by atoms with Gasteiger partial charge in [-0.15, -0.1) is 24.0 Å². The second-order valence-corrected chi connectivity index (χ2v) is 9.37. The van der Waals surface area contributed by atoms with Gasteiger partial charge in [0, 0.05) is 32.2 Å². The molecule has 1 heterocycles. The first-order valence-corrected chi connectivity index (χ1v) is 11.9. The molecule has 1 rings (SSSR count). The van der Waals surface area contributed by atoms with Crippen LogP contribution in [0.4, 0.5) is 4.79 Å². The van der Waals surface area contributed by atoms with Crippen LogP contribution < -0.4 is 10.6 Å². The Morgan fingerprint density at radius 3 is 2.52 bits per heavy atom. The minimum Gasteiger partial charge on any atom is -0.444 e. The van der Waals surface area contributed by atoms with Crippen molar-refractivity contribution in [2.45, 2.75) is 85.8 Å². The van der Waals surface area contributed by atoms with Crippen molar-refractivity contribution in [3.8, 4) is 0 Å². The fourth-order valence-corrected chi connectivity index (χ4v) is 3.71. The van der Waals surface area contributed by atoms with Gasteiger partial charge in [0.2, 0.25) is 0 Å². The summed E-state index contributed by atoms with van der Waals surface area (Å²) in [6.07, 6.45) is 4.20. The predicted molar refractivity (Wildman–Crippen MR) is 142 cm³/mol. The molecule has 1 aliphatic heterocycles. The zero-order valence-electron chi connectivity index (χ0n) is 21.0. The first kappa shape index (κ1) is 30.2. The number of rotatable bonds is 10. The topological polar surface area (TPSA) is 69.2 Å². The van der Waals surface area contributed by atoms with E-state index >= 15 is 0 Å². The quantitative estimate of drug-likeness (QED) is 0.240. The molecular formula is C23H48IN5O2. The molecule has 0 bridgehead atoms. The minimum atomic E-state index is -0.453. The van der Waals surface area contributed by atoms with E-state index in [1.807, 2.05) is 25.7 Å². The van der Waals surface area contributed by atoms with Gasteiger partial charge in [-0.1, -0.05) is 13.8 Å². The van der Waals surface area contributed by atoms with Gasteiger partial charge in [-0.3, -0.25) is 4.99 Å². The summed E-state index contributed by atoms with van der Waals surface area (Å²) in [5.41, 5.74) is -0.453. The summed E-state index contributed by atoms with van der Waals surface area (Å²) in [6, 6.07) is 0.378. The molecule has 0 aromatic rings. The number of hydrogen-bond acceptors (Lipinski definition) is 4. The molecule has 1 saturated heterocycles. The summed E-state index contributed by atoms with van der Waals surface area (Å²) >= 11 is 0. The minimum absolute atomic E-state index is 0. The van der Waals surface area contributed by atoms with Gasteiger partial charge in [-0.25, -0.2) is 4.79 Å². The van der Waals surface area contributed by atoms with Crippen LogP contribution in [0.5, 0.6) is 0 Å². The first-order chi connectivity index (χ1) is 14.2. The fourth-order valence-electron chi connectivity index (χ4n) is 3.71. The van der Waals surface area contributed by atoms with E-state index in [0.29, 0.717) is 12.0 Å². The SMILES string of the molecule is CCNC(=NCC1CCCN(C(=O)OC(C)(C)C)C1)NC(C)CCCN(CC)CC.I. The number of guanidine groups is 1. The van der Waals surface area contributed by atoms with E-state index in [0.717, 1.165) is 71.0 Å². The molecule has 2 atom stereocenters. The molecule has 31 heavy (non-hydrogen) atoms. The van der Waals surface area contributed by atoms with Gasteiger partial charge in [0.25, 0.3) is 0 Å². The summed E-state index contributed by atoms with van der Waals surface area (Å²) in [6.45, 7) is 20.9. The van der Waals surface area contributed by atoms with Gasteiger partial charge in [0.05, 0.1) is 0 Å². The van der Waals surface area contributed by atoms with Crippen LogP contribution in [0.25, 0.3) is 0 Å². The maximum atomic E-state index is 12.4. The number of carbonyl (C=O) groups excluding carboxylic acids is 1. The third kappa shape index (κ3) is 13.4. The third-order valence-electron chi connectivity index (χ3n) is 5.41. The Kier molecular flexibility index (Phi) is 15.5. The van der Waals surface area contributed by atoms with Crippen LogP contribution in [0.3, 0.4) is 0 Å². The molecular weight excluding hydrogens is 505 g/mol. The van der Waals surface area contributed by atoms with Crippen LogP contribution in [0.15, 0.2) is 4.99 Å². The lowest BCUT2D eigenvalue weighted by Gasteiger charge is -2.33. The Hall–Kier alpha value is -0.770. The highest BCUT2D eigenvalue weighted by atomic mass is 127. The lowest BCUT2D eigenvalue weighted by Crippen LogP contribution is -2.45. The Balaban J connectivity index is 0.00000900. The number of likely N-dealkylation sites (tertiary alicyclic amines) is 1. The summed E-state index contributed by atoms with van der Waals surface area (Å²) in [4.78, 5) is 21.5. The van der Waals surface area contributed by atoms with Gasteiger partial charge < -0.3 is 25.2 Å². The highest BCUT2D eigenvalue weighted by Crippen LogP contribution is 2.19. The molecule has 1 fully saturated rings. The standard InChI is InChI=1S/C23H47N5O2.HI/c1-8-24-21(26-19(4)13-11-15-27(9-2)10-3)25-17-20-14-12-16-28(18-20)22(29)30-23(5,6)7;/h19-20H,8-18H2,1-7H3,(H2,24,25,26);1H. The Morgan fingerprint density at radius 2 is 1.94 bits per heavy atom. The van der Waals surface area contributed by atoms with Crippen LogP contribution in [0.1, 0.15) is 74.1 Å². The molecule has 0 spiro atoms. The number of nitrogens with one attached hydrogen (secondary N) is 2. The number of hydrogen-bond donors (Lipinski definition) is 2. The second kappa shape index (κ2) is 15.9. The number of halogens is 1. The molecule has 7 nitrogen and oxygen atoms in total. The summed E-state index contributed by atoms with van der Waals surface area (Å²) < 4.78 is 5.54. The maximum Gasteiger partial charge on any atom is 0.410 e. The van der Waals surface area contributed by atoms with Gasteiger partial charge >= 0.3 is 6.09 Å². The van der Waals surface area contributed by atoms with Crippen LogP contribution in [0, 0.1) is 5.92 Å². The van der Waals surface area contributed by atoms with Crippen molar-refractivity contribution in [1.29, 1.82) is 0 Å². The number of aliphatic imine (C=N–C) groups is 1. The lowest BCUT2D eigenvalue weighted by atomic mass is 9.98. The van der Waals surface area contributed by atoms with Crippen LogP contribution in [-0.4, -0.2) is 79.3 Å². The molecule has 184 valence electrons. The zero-order chi connectivity index (χ0) is 22.6. The lowest BCUT2D eigenvalue weighted by molar-refractivity contribution is 0.0170. The molecule has 1 aliphatic rings. The highest BCUT2D eigenvalue weighted by molar-refractivity contribution is 14.0. The van der Waals surface area contributed by atoms with Gasteiger partial charge in [0.1, 0.15) is 5.60 Å².